The molecule has 0 aromatic heterocycles. The Labute approximate surface area is 92.6 Å². The van der Waals surface area contributed by atoms with Crippen LogP contribution in [0.2, 0.25) is 0 Å². The number of hydrogen-bond donors (Lipinski definition) is 1. The molecule has 1 saturated carbocycles. The molecule has 0 bridgehead atoms. The van der Waals surface area contributed by atoms with Crippen molar-refractivity contribution in [3.8, 4) is 0 Å². The Kier molecular flexibility index (Phi) is 5.09. The smallest absolute Gasteiger partial charge is 0.322 e. The van der Waals surface area contributed by atoms with Crippen LogP contribution in [0.25, 0.3) is 0 Å². The molecule has 15 heavy (non-hydrogen) atoms. The van der Waals surface area contributed by atoms with Crippen LogP contribution in [-0.2, 0) is 9.53 Å². The lowest BCUT2D eigenvalue weighted by molar-refractivity contribution is -0.143. The maximum Gasteiger partial charge on any atom is 0.322 e. The molecule has 0 aromatic carbocycles. The van der Waals surface area contributed by atoms with Crippen LogP contribution in [0.15, 0.2) is 0 Å². The van der Waals surface area contributed by atoms with Gasteiger partial charge in [-0.05, 0) is 25.2 Å². The van der Waals surface area contributed by atoms with Gasteiger partial charge in [0, 0.05) is 6.04 Å². The largest absolute Gasteiger partial charge is 0.468 e. The van der Waals surface area contributed by atoms with Gasteiger partial charge in [-0.25, -0.2) is 0 Å². The van der Waals surface area contributed by atoms with E-state index in [2.05, 4.69) is 19.2 Å². The fourth-order valence-corrected chi connectivity index (χ4v) is 2.14. The topological polar surface area (TPSA) is 38.3 Å². The summed E-state index contributed by atoms with van der Waals surface area (Å²) in [6.45, 7) is 4.39. The van der Waals surface area contributed by atoms with Crippen molar-refractivity contribution in [1.29, 1.82) is 0 Å². The summed E-state index contributed by atoms with van der Waals surface area (Å²) in [6, 6.07) is 0.438. The summed E-state index contributed by atoms with van der Waals surface area (Å²) in [6.07, 6.45) is 5.48. The number of carbonyl (C=O) groups excluding carboxylic acids is 1. The zero-order chi connectivity index (χ0) is 11.3. The minimum Gasteiger partial charge on any atom is -0.468 e. The zero-order valence-corrected chi connectivity index (χ0v) is 10.1. The Bertz CT molecular complexity index is 200. The molecule has 1 N–H and O–H groups in total. The van der Waals surface area contributed by atoms with E-state index in [1.807, 2.05) is 0 Å². The summed E-state index contributed by atoms with van der Waals surface area (Å²) >= 11 is 0. The molecular weight excluding hydrogens is 190 g/mol. The summed E-state index contributed by atoms with van der Waals surface area (Å²) in [5.41, 5.74) is 0. The van der Waals surface area contributed by atoms with Gasteiger partial charge in [0.2, 0.25) is 0 Å². The van der Waals surface area contributed by atoms with Crippen molar-refractivity contribution in [2.75, 3.05) is 7.11 Å². The first-order valence-electron chi connectivity index (χ1n) is 6.01. The standard InChI is InChI=1S/C12H23NO2/c1-4-5-6-11(12(14)15-3)13-10-7-9(2)8-10/h9-11,13H,4-8H2,1-3H3. The summed E-state index contributed by atoms with van der Waals surface area (Å²) in [5, 5.41) is 3.39. The van der Waals surface area contributed by atoms with Crippen molar-refractivity contribution in [1.82, 2.24) is 5.32 Å². The van der Waals surface area contributed by atoms with Crippen molar-refractivity contribution in [2.24, 2.45) is 5.92 Å². The highest BCUT2D eigenvalue weighted by Gasteiger charge is 2.29. The van der Waals surface area contributed by atoms with E-state index in [9.17, 15) is 4.79 Å². The number of methoxy groups -OCH3 is 1. The molecule has 0 radical (unpaired) electrons. The number of ether oxygens (including phenoxy) is 1. The van der Waals surface area contributed by atoms with Gasteiger partial charge in [-0.1, -0.05) is 26.7 Å². The van der Waals surface area contributed by atoms with Crippen LogP contribution in [0.1, 0.15) is 46.0 Å². The molecule has 1 fully saturated rings. The Balaban J connectivity index is 2.31. The molecule has 0 spiro atoms. The normalized spacial score (nSPS) is 26.9. The van der Waals surface area contributed by atoms with Gasteiger partial charge in [-0.3, -0.25) is 4.79 Å². The fraction of sp³-hybridized carbons (Fsp3) is 0.917. The van der Waals surface area contributed by atoms with Crippen LogP contribution in [-0.4, -0.2) is 25.2 Å². The maximum absolute atomic E-state index is 11.5. The number of esters is 1. The molecule has 1 rings (SSSR count). The monoisotopic (exact) mass is 213 g/mol. The number of hydrogen-bond acceptors (Lipinski definition) is 3. The first-order chi connectivity index (χ1) is 7.17. The second-order valence-electron chi connectivity index (χ2n) is 4.66. The highest BCUT2D eigenvalue weighted by Crippen LogP contribution is 2.27. The van der Waals surface area contributed by atoms with Gasteiger partial charge in [0.1, 0.15) is 6.04 Å². The first kappa shape index (κ1) is 12.5. The first-order valence-corrected chi connectivity index (χ1v) is 6.01. The van der Waals surface area contributed by atoms with Crippen molar-refractivity contribution < 1.29 is 9.53 Å². The van der Waals surface area contributed by atoms with E-state index < -0.39 is 0 Å². The SMILES string of the molecule is CCCCC(NC1CC(C)C1)C(=O)OC. The second kappa shape index (κ2) is 6.11. The van der Waals surface area contributed by atoms with E-state index in [1.165, 1.54) is 20.0 Å². The van der Waals surface area contributed by atoms with Crippen molar-refractivity contribution >= 4 is 5.97 Å². The number of rotatable bonds is 6. The lowest BCUT2D eigenvalue weighted by Crippen LogP contribution is -2.49. The molecule has 0 amide bonds. The fourth-order valence-electron chi connectivity index (χ4n) is 2.14. The van der Waals surface area contributed by atoms with E-state index in [0.717, 1.165) is 25.2 Å². The minimum absolute atomic E-state index is 0.0903. The maximum atomic E-state index is 11.5. The lowest BCUT2D eigenvalue weighted by atomic mass is 9.81. The molecule has 88 valence electrons. The highest BCUT2D eigenvalue weighted by molar-refractivity contribution is 5.75. The van der Waals surface area contributed by atoms with Crippen LogP contribution < -0.4 is 5.32 Å². The third kappa shape index (κ3) is 3.82. The molecule has 3 nitrogen and oxygen atoms in total. The summed E-state index contributed by atoms with van der Waals surface area (Å²) in [4.78, 5) is 11.5. The van der Waals surface area contributed by atoms with Gasteiger partial charge in [0.05, 0.1) is 7.11 Å². The number of unbranched alkanes of at least 4 members (excludes halogenated alkanes) is 1. The Morgan fingerprint density at radius 1 is 1.53 bits per heavy atom. The molecule has 0 aromatic rings. The molecule has 1 aliphatic rings. The molecule has 3 heteroatoms. The van der Waals surface area contributed by atoms with Crippen LogP contribution in [0.3, 0.4) is 0 Å². The van der Waals surface area contributed by atoms with Crippen LogP contribution in [0.5, 0.6) is 0 Å². The van der Waals surface area contributed by atoms with Crippen molar-refractivity contribution in [3.63, 3.8) is 0 Å². The van der Waals surface area contributed by atoms with Gasteiger partial charge < -0.3 is 10.1 Å². The van der Waals surface area contributed by atoms with Gasteiger partial charge in [0.15, 0.2) is 0 Å². The van der Waals surface area contributed by atoms with Crippen molar-refractivity contribution in [2.45, 2.75) is 58.0 Å². The highest BCUT2D eigenvalue weighted by atomic mass is 16.5. The average Bonchev–Trinajstić information content (AvgIpc) is 2.20. The summed E-state index contributed by atoms with van der Waals surface area (Å²) in [7, 11) is 1.46. The van der Waals surface area contributed by atoms with E-state index in [-0.39, 0.29) is 12.0 Å². The molecule has 1 aliphatic carbocycles. The molecule has 1 atom stereocenters. The lowest BCUT2D eigenvalue weighted by Gasteiger charge is -2.35. The molecule has 0 heterocycles. The average molecular weight is 213 g/mol. The number of nitrogens with one attached hydrogen (secondary N) is 1. The van der Waals surface area contributed by atoms with E-state index in [4.69, 9.17) is 4.74 Å². The van der Waals surface area contributed by atoms with Gasteiger partial charge in [0.25, 0.3) is 0 Å². The minimum atomic E-state index is -0.108. The second-order valence-corrected chi connectivity index (χ2v) is 4.66. The number of carbonyl (C=O) groups is 1. The predicted molar refractivity (Wildman–Crippen MR) is 60.7 cm³/mol. The van der Waals surface area contributed by atoms with Crippen LogP contribution >= 0.6 is 0 Å². The van der Waals surface area contributed by atoms with Crippen molar-refractivity contribution in [3.05, 3.63) is 0 Å². The Hall–Kier alpha value is -0.570. The third-order valence-electron chi connectivity index (χ3n) is 3.14. The summed E-state index contributed by atoms with van der Waals surface area (Å²) < 4.78 is 4.80. The third-order valence-corrected chi connectivity index (χ3v) is 3.14. The van der Waals surface area contributed by atoms with Gasteiger partial charge >= 0.3 is 5.97 Å². The molecule has 0 aliphatic heterocycles. The Morgan fingerprint density at radius 3 is 2.67 bits per heavy atom. The van der Waals surface area contributed by atoms with E-state index in [1.54, 1.807) is 0 Å². The van der Waals surface area contributed by atoms with Crippen LogP contribution in [0.4, 0.5) is 0 Å². The predicted octanol–water partition coefficient (Wildman–Crippen LogP) is 2.11. The van der Waals surface area contributed by atoms with E-state index in [0.29, 0.717) is 6.04 Å². The van der Waals surface area contributed by atoms with Gasteiger partial charge in [-0.15, -0.1) is 0 Å². The van der Waals surface area contributed by atoms with Crippen LogP contribution in [0, 0.1) is 5.92 Å². The Morgan fingerprint density at radius 2 is 2.20 bits per heavy atom. The van der Waals surface area contributed by atoms with Gasteiger partial charge in [-0.2, -0.15) is 0 Å². The molecule has 0 saturated heterocycles. The summed E-state index contributed by atoms with van der Waals surface area (Å²) in [5.74, 6) is 0.704. The van der Waals surface area contributed by atoms with E-state index >= 15 is 0 Å². The molecular formula is C12H23NO2. The zero-order valence-electron chi connectivity index (χ0n) is 10.1. The molecule has 1 unspecified atom stereocenters. The quantitative estimate of drug-likeness (QED) is 0.687.